The zero-order valence-corrected chi connectivity index (χ0v) is 12.7. The van der Waals surface area contributed by atoms with E-state index < -0.39 is 0 Å². The number of nitrogens with zero attached hydrogens (tertiary/aromatic N) is 1. The van der Waals surface area contributed by atoms with Crippen molar-refractivity contribution in [2.45, 2.75) is 45.2 Å². The van der Waals surface area contributed by atoms with Crippen LogP contribution in [0.1, 0.15) is 44.0 Å². The monoisotopic (exact) mass is 266 g/mol. The highest BCUT2D eigenvalue weighted by Gasteiger charge is 2.29. The van der Waals surface area contributed by atoms with Gasteiger partial charge in [-0.1, -0.05) is 26.3 Å². The van der Waals surface area contributed by atoms with Gasteiger partial charge >= 0.3 is 0 Å². The molecule has 1 N–H and O–H groups in total. The lowest BCUT2D eigenvalue weighted by Gasteiger charge is -2.32. The van der Waals surface area contributed by atoms with Crippen LogP contribution in [-0.4, -0.2) is 31.1 Å². The summed E-state index contributed by atoms with van der Waals surface area (Å²) in [7, 11) is 2.29. The van der Waals surface area contributed by atoms with Crippen LogP contribution in [0, 0.1) is 5.92 Å². The van der Waals surface area contributed by atoms with E-state index in [0.29, 0.717) is 12.1 Å². The standard InChI is InChI=1S/C15H26N2S/c1-12(2)16-11-13-7-4-5-9-17(3)15(13)14-8-6-10-18-14/h6,8,10,12-13,15-16H,4-5,7,9,11H2,1-3H3. The molecule has 3 heteroatoms. The van der Waals surface area contributed by atoms with E-state index in [9.17, 15) is 0 Å². The molecule has 0 saturated carbocycles. The normalized spacial score (nSPS) is 26.4. The lowest BCUT2D eigenvalue weighted by molar-refractivity contribution is 0.190. The van der Waals surface area contributed by atoms with Gasteiger partial charge in [0.15, 0.2) is 0 Å². The molecule has 18 heavy (non-hydrogen) atoms. The van der Waals surface area contributed by atoms with Crippen LogP contribution in [0.2, 0.25) is 0 Å². The number of thiophene rings is 1. The van der Waals surface area contributed by atoms with Gasteiger partial charge in [-0.15, -0.1) is 11.3 Å². The van der Waals surface area contributed by atoms with Crippen LogP contribution in [0.15, 0.2) is 17.5 Å². The van der Waals surface area contributed by atoms with Crippen molar-refractivity contribution in [3.63, 3.8) is 0 Å². The Morgan fingerprint density at radius 3 is 2.94 bits per heavy atom. The number of hydrogen-bond donors (Lipinski definition) is 1. The average Bonchev–Trinajstić information content (AvgIpc) is 2.78. The van der Waals surface area contributed by atoms with Gasteiger partial charge in [0.05, 0.1) is 0 Å². The summed E-state index contributed by atoms with van der Waals surface area (Å²) in [4.78, 5) is 4.10. The first-order chi connectivity index (χ1) is 8.68. The quantitative estimate of drug-likeness (QED) is 0.897. The van der Waals surface area contributed by atoms with Crippen molar-refractivity contribution in [3.05, 3.63) is 22.4 Å². The Hall–Kier alpha value is -0.380. The van der Waals surface area contributed by atoms with E-state index in [0.717, 1.165) is 12.5 Å². The molecular weight excluding hydrogens is 240 g/mol. The van der Waals surface area contributed by atoms with Gasteiger partial charge in [-0.05, 0) is 43.8 Å². The number of likely N-dealkylation sites (tertiary alicyclic amines) is 1. The fraction of sp³-hybridized carbons (Fsp3) is 0.733. The molecule has 1 fully saturated rings. The third-order valence-electron chi connectivity index (χ3n) is 3.88. The fourth-order valence-corrected chi connectivity index (χ4v) is 3.92. The van der Waals surface area contributed by atoms with E-state index in [1.165, 1.54) is 30.7 Å². The maximum Gasteiger partial charge on any atom is 0.0478 e. The van der Waals surface area contributed by atoms with E-state index in [4.69, 9.17) is 0 Å². The molecule has 2 atom stereocenters. The van der Waals surface area contributed by atoms with Gasteiger partial charge in [0.2, 0.25) is 0 Å². The van der Waals surface area contributed by atoms with Crippen LogP contribution in [0.4, 0.5) is 0 Å². The van der Waals surface area contributed by atoms with Gasteiger partial charge in [0.1, 0.15) is 0 Å². The molecule has 0 bridgehead atoms. The number of hydrogen-bond acceptors (Lipinski definition) is 3. The first-order valence-electron chi connectivity index (χ1n) is 7.15. The van der Waals surface area contributed by atoms with Crippen molar-refractivity contribution in [2.75, 3.05) is 20.1 Å². The Labute approximate surface area is 115 Å². The van der Waals surface area contributed by atoms with Crippen molar-refractivity contribution in [1.29, 1.82) is 0 Å². The van der Waals surface area contributed by atoms with Crippen molar-refractivity contribution >= 4 is 11.3 Å². The van der Waals surface area contributed by atoms with Crippen molar-refractivity contribution in [1.82, 2.24) is 10.2 Å². The van der Waals surface area contributed by atoms with Gasteiger partial charge in [-0.25, -0.2) is 0 Å². The highest BCUT2D eigenvalue weighted by atomic mass is 32.1. The van der Waals surface area contributed by atoms with Crippen molar-refractivity contribution in [3.8, 4) is 0 Å². The average molecular weight is 266 g/mol. The van der Waals surface area contributed by atoms with Gasteiger partial charge in [-0.3, -0.25) is 4.90 Å². The smallest absolute Gasteiger partial charge is 0.0478 e. The van der Waals surface area contributed by atoms with E-state index in [1.807, 2.05) is 11.3 Å². The van der Waals surface area contributed by atoms with Gasteiger partial charge in [0, 0.05) is 23.5 Å². The molecule has 1 aromatic rings. The second kappa shape index (κ2) is 6.69. The molecule has 2 nitrogen and oxygen atoms in total. The highest BCUT2D eigenvalue weighted by molar-refractivity contribution is 7.10. The Morgan fingerprint density at radius 1 is 1.44 bits per heavy atom. The van der Waals surface area contributed by atoms with E-state index in [-0.39, 0.29) is 0 Å². The zero-order chi connectivity index (χ0) is 13.0. The van der Waals surface area contributed by atoms with E-state index in [1.54, 1.807) is 0 Å². The van der Waals surface area contributed by atoms with Crippen LogP contribution in [0.5, 0.6) is 0 Å². The summed E-state index contributed by atoms with van der Waals surface area (Å²) in [6, 6.07) is 5.69. The van der Waals surface area contributed by atoms with Gasteiger partial charge in [-0.2, -0.15) is 0 Å². The second-order valence-corrected chi connectivity index (χ2v) is 6.74. The van der Waals surface area contributed by atoms with E-state index in [2.05, 4.69) is 48.6 Å². The van der Waals surface area contributed by atoms with Gasteiger partial charge < -0.3 is 5.32 Å². The first kappa shape index (κ1) is 14.0. The minimum Gasteiger partial charge on any atom is -0.314 e. The number of nitrogens with one attached hydrogen (secondary N) is 1. The molecule has 2 rings (SSSR count). The SMILES string of the molecule is CC(C)NCC1CCCCN(C)C1c1cccs1. The summed E-state index contributed by atoms with van der Waals surface area (Å²) in [6.07, 6.45) is 4.07. The van der Waals surface area contributed by atoms with Crippen molar-refractivity contribution < 1.29 is 0 Å². The molecular formula is C15H26N2S. The summed E-state index contributed by atoms with van der Waals surface area (Å²) < 4.78 is 0. The van der Waals surface area contributed by atoms with Crippen LogP contribution in [0.25, 0.3) is 0 Å². The maximum absolute atomic E-state index is 3.63. The zero-order valence-electron chi connectivity index (χ0n) is 11.9. The third-order valence-corrected chi connectivity index (χ3v) is 4.82. The molecule has 1 aliphatic rings. The molecule has 0 radical (unpaired) electrons. The molecule has 0 amide bonds. The summed E-state index contributed by atoms with van der Waals surface area (Å²) in [5.74, 6) is 0.749. The Morgan fingerprint density at radius 2 is 2.28 bits per heavy atom. The Balaban J connectivity index is 2.11. The first-order valence-corrected chi connectivity index (χ1v) is 8.03. The fourth-order valence-electron chi connectivity index (χ4n) is 2.93. The lowest BCUT2D eigenvalue weighted by atomic mass is 9.93. The summed E-state index contributed by atoms with van der Waals surface area (Å²) in [5.41, 5.74) is 0. The minimum atomic E-state index is 0.586. The Kier molecular flexibility index (Phi) is 5.22. The summed E-state index contributed by atoms with van der Waals surface area (Å²) >= 11 is 1.91. The lowest BCUT2D eigenvalue weighted by Crippen LogP contribution is -2.36. The molecule has 2 unspecified atom stereocenters. The molecule has 0 aliphatic carbocycles. The highest BCUT2D eigenvalue weighted by Crippen LogP contribution is 2.36. The van der Waals surface area contributed by atoms with E-state index >= 15 is 0 Å². The van der Waals surface area contributed by atoms with Crippen LogP contribution in [-0.2, 0) is 0 Å². The second-order valence-electron chi connectivity index (χ2n) is 5.76. The summed E-state index contributed by atoms with van der Waals surface area (Å²) in [5, 5.41) is 5.84. The third kappa shape index (κ3) is 3.56. The molecule has 102 valence electrons. The van der Waals surface area contributed by atoms with Crippen LogP contribution >= 0.6 is 11.3 Å². The molecule has 2 heterocycles. The predicted molar refractivity (Wildman–Crippen MR) is 80.2 cm³/mol. The molecule has 0 spiro atoms. The van der Waals surface area contributed by atoms with Crippen LogP contribution < -0.4 is 5.32 Å². The predicted octanol–water partition coefficient (Wildman–Crippen LogP) is 3.52. The minimum absolute atomic E-state index is 0.586. The largest absolute Gasteiger partial charge is 0.314 e. The topological polar surface area (TPSA) is 15.3 Å². The molecule has 0 aromatic carbocycles. The Bertz CT molecular complexity index is 334. The molecule has 1 aromatic heterocycles. The molecule has 1 saturated heterocycles. The maximum atomic E-state index is 3.63. The van der Waals surface area contributed by atoms with Crippen LogP contribution in [0.3, 0.4) is 0 Å². The van der Waals surface area contributed by atoms with Crippen molar-refractivity contribution in [2.24, 2.45) is 5.92 Å². The number of rotatable bonds is 4. The van der Waals surface area contributed by atoms with Gasteiger partial charge in [0.25, 0.3) is 0 Å². The molecule has 1 aliphatic heterocycles. The summed E-state index contributed by atoms with van der Waals surface area (Å²) in [6.45, 7) is 6.85.